The van der Waals surface area contributed by atoms with Crippen LogP contribution in [0, 0.1) is 17.8 Å². The predicted molar refractivity (Wildman–Crippen MR) is 168 cm³/mol. The Bertz CT molecular complexity index is 1080. The van der Waals surface area contributed by atoms with E-state index in [1.54, 1.807) is 0 Å². The number of hydrogen-bond donors (Lipinski definition) is 2. The van der Waals surface area contributed by atoms with Gasteiger partial charge in [0.05, 0.1) is 0 Å². The average Bonchev–Trinajstić information content (AvgIpc) is 3.36. The largest absolute Gasteiger partial charge is 0.507 e. The van der Waals surface area contributed by atoms with Crippen molar-refractivity contribution in [1.29, 1.82) is 0 Å². The maximum absolute atomic E-state index is 11.5. The van der Waals surface area contributed by atoms with Crippen molar-refractivity contribution < 1.29 is 10.2 Å². The van der Waals surface area contributed by atoms with Crippen molar-refractivity contribution in [3.05, 3.63) is 69.8 Å². The van der Waals surface area contributed by atoms with E-state index in [4.69, 9.17) is 0 Å². The number of allylic oxidation sites excluding steroid dienone is 2. The van der Waals surface area contributed by atoms with E-state index >= 15 is 0 Å². The van der Waals surface area contributed by atoms with Gasteiger partial charge in [-0.05, 0) is 85.6 Å². The minimum Gasteiger partial charge on any atom is -0.507 e. The van der Waals surface area contributed by atoms with Crippen LogP contribution < -0.4 is 0 Å². The maximum atomic E-state index is 11.5. The van der Waals surface area contributed by atoms with E-state index in [2.05, 4.69) is 120 Å². The molecule has 2 bridgehead atoms. The van der Waals surface area contributed by atoms with Crippen LogP contribution in [0.5, 0.6) is 11.5 Å². The third-order valence-corrected chi connectivity index (χ3v) is 8.97. The molecule has 0 radical (unpaired) electrons. The third kappa shape index (κ3) is 5.96. The van der Waals surface area contributed by atoms with Gasteiger partial charge in [0.2, 0.25) is 0 Å². The van der Waals surface area contributed by atoms with Gasteiger partial charge in [-0.1, -0.05) is 127 Å². The number of benzene rings is 2. The lowest BCUT2D eigenvalue weighted by Gasteiger charge is -2.36. The fourth-order valence-electron chi connectivity index (χ4n) is 6.85. The third-order valence-electron chi connectivity index (χ3n) is 8.97. The first-order valence-electron chi connectivity index (χ1n) is 14.6. The molecule has 4 rings (SSSR count). The molecule has 1 fully saturated rings. The Kier molecular flexibility index (Phi) is 8.03. The van der Waals surface area contributed by atoms with Gasteiger partial charge in [-0.15, -0.1) is 0 Å². The Hall–Kier alpha value is -2.22. The smallest absolute Gasteiger partial charge is 0.123 e. The van der Waals surface area contributed by atoms with Crippen molar-refractivity contribution in [2.75, 3.05) is 0 Å². The van der Waals surface area contributed by atoms with Crippen molar-refractivity contribution >= 4 is 0 Å². The van der Waals surface area contributed by atoms with E-state index in [9.17, 15) is 10.2 Å². The summed E-state index contributed by atoms with van der Waals surface area (Å²) in [6, 6.07) is 9.19. The van der Waals surface area contributed by atoms with Gasteiger partial charge in [0.15, 0.2) is 0 Å². The minimum atomic E-state index is -0.179. The van der Waals surface area contributed by atoms with Gasteiger partial charge >= 0.3 is 0 Å². The number of phenols is 2. The first kappa shape index (κ1) is 31.3. The van der Waals surface area contributed by atoms with Gasteiger partial charge < -0.3 is 10.2 Å². The quantitative estimate of drug-likeness (QED) is 0.386. The molecule has 3 unspecified atom stereocenters. The second-order valence-electron chi connectivity index (χ2n) is 16.4. The summed E-state index contributed by atoms with van der Waals surface area (Å²) >= 11 is 0. The van der Waals surface area contributed by atoms with Crippen molar-refractivity contribution in [1.82, 2.24) is 0 Å². The van der Waals surface area contributed by atoms with Crippen LogP contribution in [-0.4, -0.2) is 10.2 Å². The van der Waals surface area contributed by atoms with E-state index in [-0.39, 0.29) is 35.0 Å². The zero-order chi connectivity index (χ0) is 28.6. The van der Waals surface area contributed by atoms with E-state index in [0.717, 1.165) is 22.3 Å². The van der Waals surface area contributed by atoms with Crippen LogP contribution in [0.15, 0.2) is 36.4 Å². The van der Waals surface area contributed by atoms with Gasteiger partial charge in [0, 0.05) is 5.92 Å². The summed E-state index contributed by atoms with van der Waals surface area (Å²) in [6.45, 7) is 26.4. The second kappa shape index (κ2) is 10.0. The van der Waals surface area contributed by atoms with E-state index in [0.29, 0.717) is 29.3 Å². The molecular weight excluding hydrogens is 476 g/mol. The Morgan fingerprint density at radius 1 is 0.564 bits per heavy atom. The topological polar surface area (TPSA) is 40.5 Å². The van der Waals surface area contributed by atoms with Gasteiger partial charge in [-0.3, -0.25) is 0 Å². The number of hydrogen-bond acceptors (Lipinski definition) is 2. The van der Waals surface area contributed by atoms with Gasteiger partial charge in [0.1, 0.15) is 11.5 Å². The lowest BCUT2D eigenvalue weighted by Crippen LogP contribution is -2.24. The second-order valence-corrected chi connectivity index (χ2v) is 16.4. The van der Waals surface area contributed by atoms with Gasteiger partial charge in [-0.2, -0.15) is 0 Å². The highest BCUT2D eigenvalue weighted by molar-refractivity contribution is 5.56. The lowest BCUT2D eigenvalue weighted by atomic mass is 9.69. The van der Waals surface area contributed by atoms with E-state index in [1.165, 1.54) is 24.0 Å². The number of aromatic hydroxyl groups is 2. The van der Waals surface area contributed by atoms with Crippen LogP contribution >= 0.6 is 0 Å². The Morgan fingerprint density at radius 3 is 1.13 bits per heavy atom. The van der Waals surface area contributed by atoms with E-state index < -0.39 is 0 Å². The minimum absolute atomic E-state index is 0. The molecule has 39 heavy (non-hydrogen) atoms. The Morgan fingerprint density at radius 2 is 0.897 bits per heavy atom. The molecular formula is C37H56O2. The van der Waals surface area contributed by atoms with Crippen LogP contribution in [0.25, 0.3) is 0 Å². The predicted octanol–water partition coefficient (Wildman–Crippen LogP) is 10.3. The monoisotopic (exact) mass is 532 g/mol. The molecule has 2 nitrogen and oxygen atoms in total. The molecule has 2 aliphatic rings. The molecule has 2 aromatic rings. The van der Waals surface area contributed by atoms with Crippen LogP contribution in [0.2, 0.25) is 0 Å². The van der Waals surface area contributed by atoms with Gasteiger partial charge in [-0.25, -0.2) is 0 Å². The van der Waals surface area contributed by atoms with Gasteiger partial charge in [0.25, 0.3) is 0 Å². The Labute approximate surface area is 240 Å². The molecule has 0 aromatic heterocycles. The van der Waals surface area contributed by atoms with Crippen LogP contribution in [0.3, 0.4) is 0 Å². The van der Waals surface area contributed by atoms with Crippen molar-refractivity contribution in [2.24, 2.45) is 17.8 Å². The molecule has 2 N–H and O–H groups in total. The first-order chi connectivity index (χ1) is 17.2. The highest BCUT2D eigenvalue weighted by Crippen LogP contribution is 2.54. The van der Waals surface area contributed by atoms with Crippen LogP contribution in [0.1, 0.15) is 143 Å². The maximum Gasteiger partial charge on any atom is 0.123 e. The summed E-state index contributed by atoms with van der Waals surface area (Å²) < 4.78 is 0. The van der Waals surface area contributed by atoms with E-state index in [1.807, 2.05) is 0 Å². The van der Waals surface area contributed by atoms with Crippen molar-refractivity contribution in [3.63, 3.8) is 0 Å². The zero-order valence-electron chi connectivity index (χ0n) is 26.1. The number of rotatable bonds is 3. The van der Waals surface area contributed by atoms with Crippen LogP contribution in [0.4, 0.5) is 0 Å². The summed E-state index contributed by atoms with van der Waals surface area (Å²) in [5.74, 6) is 2.81. The zero-order valence-corrected chi connectivity index (χ0v) is 26.1. The number of fused-ring (bicyclic) bond motifs is 2. The SMILES string of the molecule is C.CC(C)(C)c1cc(C(c2cc(C(C)(C)C)c(O)c(C(C)(C)C)c2)C2CC3C=CC2C3)cc(C(C)(C)C)c1O. The molecule has 1 saturated carbocycles. The standard InChI is InChI=1S/C36H52O2.CH4/c1-33(2,3)26-17-23(18-27(31(26)37)34(4,5)6)30(25-16-21-13-14-22(25)15-21)24-19-28(35(7,8)9)32(38)29(20-24)36(10,11)12;/h13-14,17-22,25,30,37-38H,15-16H2,1-12H3;1H4. The van der Waals surface area contributed by atoms with Crippen molar-refractivity contribution in [3.8, 4) is 11.5 Å². The van der Waals surface area contributed by atoms with Crippen molar-refractivity contribution in [2.45, 2.75) is 131 Å². The molecule has 2 heteroatoms. The molecule has 0 heterocycles. The fourth-order valence-corrected chi connectivity index (χ4v) is 6.85. The molecule has 0 spiro atoms. The van der Waals surface area contributed by atoms with Crippen LogP contribution in [-0.2, 0) is 21.7 Å². The fraction of sp³-hybridized carbons (Fsp3) is 0.622. The average molecular weight is 533 g/mol. The highest BCUT2D eigenvalue weighted by Gasteiger charge is 2.43. The highest BCUT2D eigenvalue weighted by atomic mass is 16.3. The summed E-state index contributed by atoms with van der Waals surface area (Å²) in [5, 5.41) is 23.0. The summed E-state index contributed by atoms with van der Waals surface area (Å²) in [5.41, 5.74) is 5.97. The summed E-state index contributed by atoms with van der Waals surface area (Å²) in [4.78, 5) is 0. The number of phenolic OH excluding ortho intramolecular Hbond substituents is 2. The summed E-state index contributed by atoms with van der Waals surface area (Å²) in [6.07, 6.45) is 7.32. The molecule has 0 saturated heterocycles. The Balaban J connectivity index is 0.00000420. The normalized spacial score (nSPS) is 21.5. The summed E-state index contributed by atoms with van der Waals surface area (Å²) in [7, 11) is 0. The molecule has 2 aliphatic carbocycles. The molecule has 3 atom stereocenters. The molecule has 0 amide bonds. The first-order valence-corrected chi connectivity index (χ1v) is 14.6. The molecule has 2 aromatic carbocycles. The molecule has 0 aliphatic heterocycles. The molecule has 216 valence electrons. The lowest BCUT2D eigenvalue weighted by molar-refractivity contribution is 0.389.